The Morgan fingerprint density at radius 3 is 2.48 bits per heavy atom. The van der Waals surface area contributed by atoms with Crippen LogP contribution >= 0.6 is 0 Å². The maximum atomic E-state index is 12.8. The molecular weight excluding hydrogens is 342 g/mol. The monoisotopic (exact) mass is 361 g/mol. The highest BCUT2D eigenvalue weighted by Crippen LogP contribution is 2.18. The molecule has 25 heavy (non-hydrogen) atoms. The van der Waals surface area contributed by atoms with E-state index in [-0.39, 0.29) is 12.4 Å². The van der Waals surface area contributed by atoms with E-state index in [4.69, 9.17) is 0 Å². The number of hydrogen-bond acceptors (Lipinski definition) is 2. The summed E-state index contributed by atoms with van der Waals surface area (Å²) in [6.07, 6.45) is -3.13. The van der Waals surface area contributed by atoms with Gasteiger partial charge in [-0.25, -0.2) is 9.18 Å². The number of rotatable bonds is 5. The molecule has 1 aromatic rings. The van der Waals surface area contributed by atoms with Crippen molar-refractivity contribution in [3.05, 3.63) is 35.6 Å². The molecule has 0 saturated carbocycles. The minimum Gasteiger partial charge on any atom is -0.345 e. The topological polar surface area (TPSA) is 61.4 Å². The van der Waals surface area contributed by atoms with Crippen LogP contribution in [0.4, 0.5) is 22.4 Å². The van der Waals surface area contributed by atoms with E-state index in [1.165, 1.54) is 17.0 Å². The molecule has 2 rings (SSSR count). The summed E-state index contributed by atoms with van der Waals surface area (Å²) < 4.78 is 49.4. The van der Waals surface area contributed by atoms with Gasteiger partial charge in [0.1, 0.15) is 18.4 Å². The van der Waals surface area contributed by atoms with Crippen LogP contribution in [0.2, 0.25) is 0 Å². The fourth-order valence-corrected chi connectivity index (χ4v) is 2.65. The van der Waals surface area contributed by atoms with Crippen LogP contribution in [0.1, 0.15) is 18.4 Å². The number of likely N-dealkylation sites (tertiary alicyclic amines) is 1. The van der Waals surface area contributed by atoms with E-state index >= 15 is 0 Å². The van der Waals surface area contributed by atoms with Gasteiger partial charge in [0.15, 0.2) is 0 Å². The van der Waals surface area contributed by atoms with Gasteiger partial charge in [0.25, 0.3) is 0 Å². The van der Waals surface area contributed by atoms with Gasteiger partial charge < -0.3 is 15.5 Å². The first kappa shape index (κ1) is 19.0. The zero-order chi connectivity index (χ0) is 18.4. The SMILES string of the molecule is O=C(NCC(F)(F)F)C1CCCN1C(=O)NCCc1ccc(F)cc1. The lowest BCUT2D eigenvalue weighted by molar-refractivity contribution is -0.140. The average Bonchev–Trinajstić information content (AvgIpc) is 3.03. The Balaban J connectivity index is 1.81. The molecule has 0 aromatic heterocycles. The molecule has 2 N–H and O–H groups in total. The smallest absolute Gasteiger partial charge is 0.345 e. The standard InChI is InChI=1S/C16H19F4N3O2/c17-12-5-3-11(4-6-12)7-8-21-15(25)23-9-1-2-13(23)14(24)22-10-16(18,19)20/h3-6,13H,1-2,7-10H2,(H,21,25)(H,22,24). The summed E-state index contributed by atoms with van der Waals surface area (Å²) in [5.74, 6) is -1.15. The molecule has 0 radical (unpaired) electrons. The molecular formula is C16H19F4N3O2. The van der Waals surface area contributed by atoms with Crippen molar-refractivity contribution in [1.82, 2.24) is 15.5 Å². The van der Waals surface area contributed by atoms with Crippen LogP contribution in [-0.4, -0.2) is 48.7 Å². The minimum atomic E-state index is -4.49. The number of nitrogens with zero attached hydrogens (tertiary/aromatic N) is 1. The van der Waals surface area contributed by atoms with E-state index in [0.29, 0.717) is 25.8 Å². The van der Waals surface area contributed by atoms with E-state index in [1.807, 2.05) is 5.32 Å². The summed E-state index contributed by atoms with van der Waals surface area (Å²) in [4.78, 5) is 25.3. The Bertz CT molecular complexity index is 604. The number of carbonyl (C=O) groups excluding carboxylic acids is 2. The molecule has 9 heteroatoms. The van der Waals surface area contributed by atoms with E-state index in [0.717, 1.165) is 5.56 Å². The first-order chi connectivity index (χ1) is 11.8. The minimum absolute atomic E-state index is 0.276. The third kappa shape index (κ3) is 5.91. The van der Waals surface area contributed by atoms with Crippen LogP contribution in [0, 0.1) is 5.82 Å². The predicted octanol–water partition coefficient (Wildman–Crippen LogP) is 2.22. The second-order valence-electron chi connectivity index (χ2n) is 5.79. The Morgan fingerprint density at radius 1 is 1.16 bits per heavy atom. The van der Waals surface area contributed by atoms with E-state index in [9.17, 15) is 27.2 Å². The molecule has 0 bridgehead atoms. The van der Waals surface area contributed by atoms with Crippen LogP contribution in [0.5, 0.6) is 0 Å². The summed E-state index contributed by atoms with van der Waals surface area (Å²) in [5.41, 5.74) is 0.836. The fourth-order valence-electron chi connectivity index (χ4n) is 2.65. The summed E-state index contributed by atoms with van der Waals surface area (Å²) >= 11 is 0. The Kier molecular flexibility index (Phi) is 6.22. The van der Waals surface area contributed by atoms with E-state index in [1.54, 1.807) is 12.1 Å². The highest BCUT2D eigenvalue weighted by Gasteiger charge is 2.36. The molecule has 1 aliphatic rings. The predicted molar refractivity (Wildman–Crippen MR) is 82.3 cm³/mol. The molecule has 1 unspecified atom stereocenters. The quantitative estimate of drug-likeness (QED) is 0.790. The van der Waals surface area contributed by atoms with E-state index in [2.05, 4.69) is 5.32 Å². The summed E-state index contributed by atoms with van der Waals surface area (Å²) in [6, 6.07) is 4.45. The first-order valence-corrected chi connectivity index (χ1v) is 7.89. The molecule has 0 aliphatic carbocycles. The third-order valence-corrected chi connectivity index (χ3v) is 3.88. The van der Waals surface area contributed by atoms with Crippen molar-refractivity contribution in [2.24, 2.45) is 0 Å². The zero-order valence-electron chi connectivity index (χ0n) is 13.4. The number of urea groups is 1. The molecule has 1 atom stereocenters. The number of alkyl halides is 3. The Labute approximate surface area is 142 Å². The number of amides is 3. The zero-order valence-corrected chi connectivity index (χ0v) is 13.4. The molecule has 1 aromatic carbocycles. The van der Waals surface area contributed by atoms with Crippen molar-refractivity contribution in [2.75, 3.05) is 19.6 Å². The van der Waals surface area contributed by atoms with Crippen LogP contribution in [0.3, 0.4) is 0 Å². The summed E-state index contributed by atoms with van der Waals surface area (Å²) in [6.45, 7) is -0.827. The van der Waals surface area contributed by atoms with Gasteiger partial charge in [0.2, 0.25) is 5.91 Å². The normalized spacial score (nSPS) is 17.4. The van der Waals surface area contributed by atoms with Gasteiger partial charge in [-0.2, -0.15) is 13.2 Å². The van der Waals surface area contributed by atoms with Crippen molar-refractivity contribution in [3.8, 4) is 0 Å². The van der Waals surface area contributed by atoms with Crippen molar-refractivity contribution >= 4 is 11.9 Å². The van der Waals surface area contributed by atoms with Gasteiger partial charge in [-0.3, -0.25) is 4.79 Å². The fraction of sp³-hybridized carbons (Fsp3) is 0.500. The maximum absolute atomic E-state index is 12.8. The van der Waals surface area contributed by atoms with Crippen LogP contribution in [0.15, 0.2) is 24.3 Å². The molecule has 138 valence electrons. The molecule has 1 aliphatic heterocycles. The van der Waals surface area contributed by atoms with Gasteiger partial charge in [0.05, 0.1) is 0 Å². The molecule has 3 amide bonds. The molecule has 0 spiro atoms. The number of halogens is 4. The van der Waals surface area contributed by atoms with Crippen molar-refractivity contribution in [2.45, 2.75) is 31.5 Å². The van der Waals surface area contributed by atoms with Crippen molar-refractivity contribution < 1.29 is 27.2 Å². The van der Waals surface area contributed by atoms with Crippen molar-refractivity contribution in [3.63, 3.8) is 0 Å². The van der Waals surface area contributed by atoms with Crippen LogP contribution in [0.25, 0.3) is 0 Å². The first-order valence-electron chi connectivity index (χ1n) is 7.89. The lowest BCUT2D eigenvalue weighted by Gasteiger charge is -2.24. The highest BCUT2D eigenvalue weighted by atomic mass is 19.4. The van der Waals surface area contributed by atoms with Gasteiger partial charge in [-0.1, -0.05) is 12.1 Å². The van der Waals surface area contributed by atoms with Crippen LogP contribution < -0.4 is 10.6 Å². The molecule has 1 heterocycles. The third-order valence-electron chi connectivity index (χ3n) is 3.88. The number of benzene rings is 1. The van der Waals surface area contributed by atoms with Crippen molar-refractivity contribution in [1.29, 1.82) is 0 Å². The second-order valence-corrected chi connectivity index (χ2v) is 5.79. The maximum Gasteiger partial charge on any atom is 0.405 e. The number of carbonyl (C=O) groups is 2. The summed E-state index contributed by atoms with van der Waals surface area (Å²) in [5, 5.41) is 4.45. The molecule has 1 fully saturated rings. The number of hydrogen-bond donors (Lipinski definition) is 2. The van der Waals surface area contributed by atoms with Gasteiger partial charge >= 0.3 is 12.2 Å². The Hall–Kier alpha value is -2.32. The van der Waals surface area contributed by atoms with Gasteiger partial charge in [-0.15, -0.1) is 0 Å². The van der Waals surface area contributed by atoms with E-state index < -0.39 is 30.7 Å². The number of nitrogens with one attached hydrogen (secondary N) is 2. The largest absolute Gasteiger partial charge is 0.405 e. The highest BCUT2D eigenvalue weighted by molar-refractivity contribution is 5.87. The molecule has 1 saturated heterocycles. The molecule has 5 nitrogen and oxygen atoms in total. The lowest BCUT2D eigenvalue weighted by Crippen LogP contribution is -2.51. The average molecular weight is 361 g/mol. The van der Waals surface area contributed by atoms with Gasteiger partial charge in [-0.05, 0) is 37.0 Å². The lowest BCUT2D eigenvalue weighted by atomic mass is 10.1. The Morgan fingerprint density at radius 2 is 1.84 bits per heavy atom. The second kappa shape index (κ2) is 8.17. The summed E-state index contributed by atoms with van der Waals surface area (Å²) in [7, 11) is 0. The van der Waals surface area contributed by atoms with Crippen LogP contribution in [-0.2, 0) is 11.2 Å². The van der Waals surface area contributed by atoms with Gasteiger partial charge in [0, 0.05) is 13.1 Å².